The summed E-state index contributed by atoms with van der Waals surface area (Å²) < 4.78 is 13.2. The zero-order chi connectivity index (χ0) is 17.8. The fourth-order valence-electron chi connectivity index (χ4n) is 7.72. The van der Waals surface area contributed by atoms with E-state index in [1.807, 2.05) is 0 Å². The van der Waals surface area contributed by atoms with Crippen molar-refractivity contribution in [3.05, 3.63) is 0 Å². The molecule has 25 heavy (non-hydrogen) atoms. The Morgan fingerprint density at radius 3 is 2.52 bits per heavy atom. The molecule has 0 amide bonds. The second kappa shape index (κ2) is 6.30. The Labute approximate surface area is 150 Å². The molecule has 2 N–H and O–H groups in total. The number of carbonyl (C=O) groups excluding carboxylic acids is 1. The van der Waals surface area contributed by atoms with Crippen LogP contribution in [0.1, 0.15) is 64.7 Å². The van der Waals surface area contributed by atoms with Crippen molar-refractivity contribution in [2.24, 2.45) is 40.9 Å². The summed E-state index contributed by atoms with van der Waals surface area (Å²) in [5, 5.41) is 19.7. The van der Waals surface area contributed by atoms with Gasteiger partial charge in [0, 0.05) is 5.92 Å². The summed E-state index contributed by atoms with van der Waals surface area (Å²) in [7, 11) is 0. The highest BCUT2D eigenvalue weighted by atomic mass is 19.1. The minimum Gasteiger partial charge on any atom is -0.389 e. The fraction of sp³-hybridized carbons (Fsp3) is 0.952. The molecule has 0 radical (unpaired) electrons. The van der Waals surface area contributed by atoms with E-state index in [9.17, 15) is 19.4 Å². The lowest BCUT2D eigenvalue weighted by molar-refractivity contribution is -0.135. The maximum Gasteiger partial charge on any atom is 0.161 e. The van der Waals surface area contributed by atoms with Crippen molar-refractivity contribution < 1.29 is 19.4 Å². The largest absolute Gasteiger partial charge is 0.389 e. The number of carbonyl (C=O) groups is 1. The number of aliphatic hydroxyl groups excluding tert-OH is 1. The molecule has 8 atom stereocenters. The highest BCUT2D eigenvalue weighted by Gasteiger charge is 2.58. The normalized spacial score (nSPS) is 52.2. The maximum absolute atomic E-state index is 13.2. The molecule has 0 heterocycles. The lowest BCUT2D eigenvalue weighted by Gasteiger charge is -2.56. The SMILES string of the molecule is C[C@]12CC[C@H]3[C@@H](CC[C@@H]4C[C@](O)(CF)CC[C@@H]43)[C@@H]1CC[C@@H]2C(=O)CO. The Morgan fingerprint density at radius 1 is 1.04 bits per heavy atom. The van der Waals surface area contributed by atoms with E-state index >= 15 is 0 Å². The predicted octanol–water partition coefficient (Wildman–Crippen LogP) is 3.52. The van der Waals surface area contributed by atoms with Crippen LogP contribution in [-0.4, -0.2) is 34.9 Å². The van der Waals surface area contributed by atoms with Crippen LogP contribution < -0.4 is 0 Å². The van der Waals surface area contributed by atoms with Gasteiger partial charge in [0.2, 0.25) is 0 Å². The topological polar surface area (TPSA) is 57.5 Å². The molecule has 4 saturated carbocycles. The predicted molar refractivity (Wildman–Crippen MR) is 93.6 cm³/mol. The molecule has 0 aromatic rings. The average molecular weight is 352 g/mol. The first-order chi connectivity index (χ1) is 11.9. The second-order valence-electron chi connectivity index (χ2n) is 9.84. The Hall–Kier alpha value is -0.480. The van der Waals surface area contributed by atoms with E-state index in [2.05, 4.69) is 6.92 Å². The third-order valence-corrected chi connectivity index (χ3v) is 8.90. The van der Waals surface area contributed by atoms with Gasteiger partial charge in [0.05, 0.1) is 5.60 Å². The Kier molecular flexibility index (Phi) is 4.51. The number of ketones is 1. The summed E-state index contributed by atoms with van der Waals surface area (Å²) in [5.41, 5.74) is -0.995. The summed E-state index contributed by atoms with van der Waals surface area (Å²) in [6, 6.07) is 0. The van der Waals surface area contributed by atoms with Gasteiger partial charge in [-0.05, 0) is 92.8 Å². The van der Waals surface area contributed by atoms with E-state index in [0.29, 0.717) is 42.4 Å². The first kappa shape index (κ1) is 17.9. The summed E-state index contributed by atoms with van der Waals surface area (Å²) in [6.07, 6.45) is 8.84. The van der Waals surface area contributed by atoms with Crippen LogP contribution in [0.5, 0.6) is 0 Å². The summed E-state index contributed by atoms with van der Waals surface area (Å²) >= 11 is 0. The standard InChI is InChI=1S/C21H33FO3/c1-20-8-6-15-14-7-9-21(25,12-22)10-13(14)2-3-16(15)17(20)4-5-18(20)19(24)11-23/h13-18,23,25H,2-12H2,1H3/t13-,14+,15-,16-,17+,18-,20+,21+/m1/s1. The van der Waals surface area contributed by atoms with Crippen molar-refractivity contribution >= 4 is 5.78 Å². The Bertz CT molecular complexity index is 537. The number of aliphatic hydroxyl groups is 2. The number of Topliss-reactive ketones (excluding diaryl/α,β-unsaturated/α-hetero) is 1. The molecule has 4 aliphatic carbocycles. The van der Waals surface area contributed by atoms with Gasteiger partial charge in [-0.3, -0.25) is 4.79 Å². The van der Waals surface area contributed by atoms with Crippen LogP contribution in [0.15, 0.2) is 0 Å². The lowest BCUT2D eigenvalue weighted by Crippen LogP contribution is -2.52. The number of rotatable bonds is 3. The van der Waals surface area contributed by atoms with Crippen molar-refractivity contribution in [3.63, 3.8) is 0 Å². The number of hydrogen-bond acceptors (Lipinski definition) is 3. The molecule has 3 nitrogen and oxygen atoms in total. The van der Waals surface area contributed by atoms with Gasteiger partial charge in [0.1, 0.15) is 13.3 Å². The van der Waals surface area contributed by atoms with E-state index in [1.54, 1.807) is 0 Å². The highest BCUT2D eigenvalue weighted by Crippen LogP contribution is 2.64. The van der Waals surface area contributed by atoms with Crippen molar-refractivity contribution in [2.75, 3.05) is 13.3 Å². The molecule has 0 saturated heterocycles. The number of fused-ring (bicyclic) bond motifs is 5. The molecular weight excluding hydrogens is 319 g/mol. The number of hydrogen-bond donors (Lipinski definition) is 2. The van der Waals surface area contributed by atoms with Crippen LogP contribution in [-0.2, 0) is 4.79 Å². The van der Waals surface area contributed by atoms with Crippen LogP contribution in [0.4, 0.5) is 4.39 Å². The van der Waals surface area contributed by atoms with Gasteiger partial charge in [-0.1, -0.05) is 6.92 Å². The lowest BCUT2D eigenvalue weighted by atomic mass is 9.49. The zero-order valence-electron chi connectivity index (χ0n) is 15.4. The zero-order valence-corrected chi connectivity index (χ0v) is 15.4. The molecule has 0 aliphatic heterocycles. The van der Waals surface area contributed by atoms with Crippen LogP contribution >= 0.6 is 0 Å². The minimum atomic E-state index is -1.07. The molecule has 0 bridgehead atoms. The van der Waals surface area contributed by atoms with Gasteiger partial charge < -0.3 is 10.2 Å². The van der Waals surface area contributed by atoms with E-state index in [4.69, 9.17) is 0 Å². The van der Waals surface area contributed by atoms with Gasteiger partial charge in [0.25, 0.3) is 0 Å². The molecule has 4 heteroatoms. The molecule has 4 rings (SSSR count). The molecule has 0 unspecified atom stereocenters. The van der Waals surface area contributed by atoms with Crippen LogP contribution in [0, 0.1) is 40.9 Å². The molecule has 142 valence electrons. The average Bonchev–Trinajstić information content (AvgIpc) is 2.98. The number of alkyl halides is 1. The van der Waals surface area contributed by atoms with E-state index in [0.717, 1.165) is 32.1 Å². The van der Waals surface area contributed by atoms with Crippen LogP contribution in [0.3, 0.4) is 0 Å². The third kappa shape index (κ3) is 2.70. The Balaban J connectivity index is 1.52. The summed E-state index contributed by atoms with van der Waals surface area (Å²) in [4.78, 5) is 12.3. The summed E-state index contributed by atoms with van der Waals surface area (Å²) in [5.74, 6) is 3.21. The summed E-state index contributed by atoms with van der Waals surface area (Å²) in [6.45, 7) is 1.39. The van der Waals surface area contributed by atoms with Gasteiger partial charge >= 0.3 is 0 Å². The minimum absolute atomic E-state index is 0.0443. The fourth-order valence-corrected chi connectivity index (χ4v) is 7.72. The van der Waals surface area contributed by atoms with Gasteiger partial charge in [-0.2, -0.15) is 0 Å². The van der Waals surface area contributed by atoms with Crippen molar-refractivity contribution in [1.29, 1.82) is 0 Å². The molecular formula is C21H33FO3. The molecule has 0 aromatic heterocycles. The second-order valence-corrected chi connectivity index (χ2v) is 9.84. The van der Waals surface area contributed by atoms with Gasteiger partial charge in [-0.25, -0.2) is 4.39 Å². The Morgan fingerprint density at radius 2 is 1.80 bits per heavy atom. The highest BCUT2D eigenvalue weighted by molar-refractivity contribution is 5.83. The van der Waals surface area contributed by atoms with Crippen LogP contribution in [0.25, 0.3) is 0 Å². The van der Waals surface area contributed by atoms with Gasteiger partial charge in [0.15, 0.2) is 5.78 Å². The third-order valence-electron chi connectivity index (χ3n) is 8.90. The van der Waals surface area contributed by atoms with Crippen LogP contribution in [0.2, 0.25) is 0 Å². The first-order valence-electron chi connectivity index (χ1n) is 10.3. The maximum atomic E-state index is 13.2. The van der Waals surface area contributed by atoms with E-state index in [1.165, 1.54) is 12.8 Å². The van der Waals surface area contributed by atoms with Gasteiger partial charge in [-0.15, -0.1) is 0 Å². The molecule has 4 aliphatic rings. The molecule has 4 fully saturated rings. The molecule has 0 aromatic carbocycles. The quantitative estimate of drug-likeness (QED) is 0.817. The monoisotopic (exact) mass is 352 g/mol. The van der Waals surface area contributed by atoms with E-state index in [-0.39, 0.29) is 23.7 Å². The van der Waals surface area contributed by atoms with Crippen molar-refractivity contribution in [2.45, 2.75) is 70.3 Å². The van der Waals surface area contributed by atoms with Crippen molar-refractivity contribution in [3.8, 4) is 0 Å². The smallest absolute Gasteiger partial charge is 0.161 e. The van der Waals surface area contributed by atoms with Crippen molar-refractivity contribution in [1.82, 2.24) is 0 Å². The molecule has 0 spiro atoms. The first-order valence-corrected chi connectivity index (χ1v) is 10.3. The van der Waals surface area contributed by atoms with E-state index < -0.39 is 12.3 Å². The number of halogens is 1.